The van der Waals surface area contributed by atoms with Gasteiger partial charge in [0.15, 0.2) is 0 Å². The first-order valence-electron chi connectivity index (χ1n) is 9.09. The lowest BCUT2D eigenvalue weighted by Gasteiger charge is -2.36. The van der Waals surface area contributed by atoms with E-state index in [0.29, 0.717) is 12.3 Å². The molecular weight excluding hydrogens is 370 g/mol. The standard InChI is InChI=1S/C19H22ClN3O2S/c20-12-17(24)21-19(7-8-19)13-5-9-23(10-6-13)18(25)11-15-14-3-1-2-4-16(14)26-22-15/h1-4,13H,5-12H2,(H,21,24). The number of hydrogen-bond acceptors (Lipinski definition) is 4. The summed E-state index contributed by atoms with van der Waals surface area (Å²) < 4.78 is 5.60. The number of hydrogen-bond donors (Lipinski definition) is 1. The molecule has 4 rings (SSSR count). The smallest absolute Gasteiger partial charge is 0.235 e. The summed E-state index contributed by atoms with van der Waals surface area (Å²) >= 11 is 7.08. The van der Waals surface area contributed by atoms with E-state index in [1.165, 1.54) is 11.5 Å². The molecule has 5 nitrogen and oxygen atoms in total. The summed E-state index contributed by atoms with van der Waals surface area (Å²) in [7, 11) is 0. The first kappa shape index (κ1) is 17.7. The number of benzene rings is 1. The van der Waals surface area contributed by atoms with E-state index in [0.717, 1.165) is 54.6 Å². The number of aromatic nitrogens is 1. The minimum atomic E-state index is -0.0851. The maximum absolute atomic E-state index is 12.7. The van der Waals surface area contributed by atoms with E-state index in [1.807, 2.05) is 29.2 Å². The number of fused-ring (bicyclic) bond motifs is 1. The molecule has 0 unspecified atom stereocenters. The molecule has 1 saturated carbocycles. The first-order valence-corrected chi connectivity index (χ1v) is 10.4. The van der Waals surface area contributed by atoms with E-state index in [1.54, 1.807) is 0 Å². The van der Waals surface area contributed by atoms with Crippen molar-refractivity contribution in [2.75, 3.05) is 19.0 Å². The molecule has 1 aromatic heterocycles. The number of rotatable bonds is 5. The van der Waals surface area contributed by atoms with Gasteiger partial charge in [0, 0.05) is 24.0 Å². The third-order valence-electron chi connectivity index (χ3n) is 5.70. The molecule has 2 aromatic rings. The molecular formula is C19H22ClN3O2S. The summed E-state index contributed by atoms with van der Waals surface area (Å²) in [4.78, 5) is 26.3. The molecule has 0 atom stereocenters. The monoisotopic (exact) mass is 391 g/mol. The Morgan fingerprint density at radius 1 is 1.27 bits per heavy atom. The third-order valence-corrected chi connectivity index (χ3v) is 6.81. The van der Waals surface area contributed by atoms with Crippen LogP contribution < -0.4 is 5.32 Å². The van der Waals surface area contributed by atoms with Gasteiger partial charge in [-0.25, -0.2) is 0 Å². The second-order valence-corrected chi connectivity index (χ2v) is 8.37. The molecule has 138 valence electrons. The second-order valence-electron chi connectivity index (χ2n) is 7.30. The minimum Gasteiger partial charge on any atom is -0.349 e. The molecule has 0 spiro atoms. The van der Waals surface area contributed by atoms with Crippen LogP contribution >= 0.6 is 23.1 Å². The molecule has 0 bridgehead atoms. The molecule has 1 aliphatic heterocycles. The van der Waals surface area contributed by atoms with Gasteiger partial charge in [-0.2, -0.15) is 4.37 Å². The van der Waals surface area contributed by atoms with Crippen molar-refractivity contribution in [2.24, 2.45) is 5.92 Å². The number of likely N-dealkylation sites (tertiary alicyclic amines) is 1. The quantitative estimate of drug-likeness (QED) is 0.797. The Morgan fingerprint density at radius 2 is 2.00 bits per heavy atom. The summed E-state index contributed by atoms with van der Waals surface area (Å²) in [5, 5.41) is 4.19. The van der Waals surface area contributed by atoms with Crippen LogP contribution in [0.1, 0.15) is 31.4 Å². The molecule has 7 heteroatoms. The summed E-state index contributed by atoms with van der Waals surface area (Å²) in [6, 6.07) is 8.05. The van der Waals surface area contributed by atoms with E-state index in [2.05, 4.69) is 9.69 Å². The van der Waals surface area contributed by atoms with Crippen molar-refractivity contribution in [3.63, 3.8) is 0 Å². The number of halogens is 1. The number of nitrogens with one attached hydrogen (secondary N) is 1. The van der Waals surface area contributed by atoms with Crippen LogP contribution in [0.4, 0.5) is 0 Å². The number of carbonyl (C=O) groups is 2. The first-order chi connectivity index (χ1) is 12.6. The van der Waals surface area contributed by atoms with E-state index in [9.17, 15) is 9.59 Å². The van der Waals surface area contributed by atoms with Crippen LogP contribution in [0.25, 0.3) is 10.1 Å². The van der Waals surface area contributed by atoms with Crippen molar-refractivity contribution in [3.05, 3.63) is 30.0 Å². The predicted molar refractivity (Wildman–Crippen MR) is 103 cm³/mol. The van der Waals surface area contributed by atoms with Crippen molar-refractivity contribution in [1.29, 1.82) is 0 Å². The lowest BCUT2D eigenvalue weighted by Crippen LogP contribution is -2.49. The van der Waals surface area contributed by atoms with Gasteiger partial charge < -0.3 is 10.2 Å². The fourth-order valence-corrected chi connectivity index (χ4v) is 4.95. The van der Waals surface area contributed by atoms with Gasteiger partial charge in [-0.15, -0.1) is 11.6 Å². The average Bonchev–Trinajstić information content (AvgIpc) is 3.35. The average molecular weight is 392 g/mol. The summed E-state index contributed by atoms with van der Waals surface area (Å²) in [5.41, 5.74) is 0.817. The molecule has 2 heterocycles. The van der Waals surface area contributed by atoms with Gasteiger partial charge in [0.05, 0.1) is 16.8 Å². The zero-order chi connectivity index (χ0) is 18.1. The van der Waals surface area contributed by atoms with Crippen LogP contribution in [0.3, 0.4) is 0 Å². The van der Waals surface area contributed by atoms with Crippen LogP contribution in [-0.2, 0) is 16.0 Å². The highest BCUT2D eigenvalue weighted by Crippen LogP contribution is 2.46. The normalized spacial score (nSPS) is 19.5. The number of nitrogens with zero attached hydrogens (tertiary/aromatic N) is 2. The van der Waals surface area contributed by atoms with Gasteiger partial charge in [0.2, 0.25) is 11.8 Å². The summed E-state index contributed by atoms with van der Waals surface area (Å²) in [6.07, 6.45) is 4.29. The Bertz CT molecular complexity index is 825. The van der Waals surface area contributed by atoms with Crippen molar-refractivity contribution in [3.8, 4) is 0 Å². The van der Waals surface area contributed by atoms with Gasteiger partial charge in [0.25, 0.3) is 0 Å². The lowest BCUT2D eigenvalue weighted by molar-refractivity contribution is -0.132. The van der Waals surface area contributed by atoms with Crippen LogP contribution in [-0.4, -0.2) is 45.6 Å². The van der Waals surface area contributed by atoms with Crippen LogP contribution in [0, 0.1) is 5.92 Å². The molecule has 1 N–H and O–H groups in total. The Hall–Kier alpha value is -1.66. The molecule has 0 radical (unpaired) electrons. The molecule has 1 aliphatic carbocycles. The largest absolute Gasteiger partial charge is 0.349 e. The molecule has 1 saturated heterocycles. The van der Waals surface area contributed by atoms with Crippen LogP contribution in [0.15, 0.2) is 24.3 Å². The van der Waals surface area contributed by atoms with E-state index >= 15 is 0 Å². The Labute approximate surface area is 161 Å². The van der Waals surface area contributed by atoms with E-state index in [4.69, 9.17) is 11.6 Å². The van der Waals surface area contributed by atoms with Crippen molar-refractivity contribution in [1.82, 2.24) is 14.6 Å². The van der Waals surface area contributed by atoms with Gasteiger partial charge >= 0.3 is 0 Å². The van der Waals surface area contributed by atoms with Crippen molar-refractivity contribution in [2.45, 2.75) is 37.6 Å². The van der Waals surface area contributed by atoms with Crippen molar-refractivity contribution >= 4 is 45.0 Å². The second kappa shape index (κ2) is 7.16. The van der Waals surface area contributed by atoms with E-state index < -0.39 is 0 Å². The number of alkyl halides is 1. The summed E-state index contributed by atoms with van der Waals surface area (Å²) in [5.74, 6) is 0.520. The van der Waals surface area contributed by atoms with Crippen LogP contribution in [0.5, 0.6) is 0 Å². The zero-order valence-electron chi connectivity index (χ0n) is 14.5. The third kappa shape index (κ3) is 3.45. The zero-order valence-corrected chi connectivity index (χ0v) is 16.1. The minimum absolute atomic E-state index is 0.0146. The highest BCUT2D eigenvalue weighted by atomic mass is 35.5. The van der Waals surface area contributed by atoms with Crippen molar-refractivity contribution < 1.29 is 9.59 Å². The van der Waals surface area contributed by atoms with Gasteiger partial charge in [-0.05, 0) is 49.2 Å². The van der Waals surface area contributed by atoms with Gasteiger partial charge in [0.1, 0.15) is 5.88 Å². The Balaban J connectivity index is 1.35. The molecule has 2 amide bonds. The number of amides is 2. The topological polar surface area (TPSA) is 62.3 Å². The summed E-state index contributed by atoms with van der Waals surface area (Å²) in [6.45, 7) is 1.51. The van der Waals surface area contributed by atoms with Crippen LogP contribution in [0.2, 0.25) is 0 Å². The Morgan fingerprint density at radius 3 is 2.69 bits per heavy atom. The maximum Gasteiger partial charge on any atom is 0.235 e. The fraction of sp³-hybridized carbons (Fsp3) is 0.526. The van der Waals surface area contributed by atoms with E-state index in [-0.39, 0.29) is 23.2 Å². The van der Waals surface area contributed by atoms with Gasteiger partial charge in [-0.3, -0.25) is 9.59 Å². The fourth-order valence-electron chi connectivity index (χ4n) is 4.08. The number of carbonyl (C=O) groups excluding carboxylic acids is 2. The predicted octanol–water partition coefficient (Wildman–Crippen LogP) is 2.97. The molecule has 2 fully saturated rings. The highest BCUT2D eigenvalue weighted by molar-refractivity contribution is 7.13. The highest BCUT2D eigenvalue weighted by Gasteiger charge is 2.50. The molecule has 26 heavy (non-hydrogen) atoms. The Kier molecular flexibility index (Phi) is 4.88. The maximum atomic E-state index is 12.7. The number of piperidine rings is 1. The molecule has 1 aromatic carbocycles. The lowest BCUT2D eigenvalue weighted by atomic mass is 9.87. The van der Waals surface area contributed by atoms with Gasteiger partial charge in [-0.1, -0.05) is 18.2 Å². The SMILES string of the molecule is O=C(CCl)NC1(C2CCN(C(=O)Cc3nsc4ccccc34)CC2)CC1. The molecule has 2 aliphatic rings.